The molecule has 2 heterocycles. The number of carbonyl (C=O) groups is 1. The van der Waals surface area contributed by atoms with Gasteiger partial charge in [0.2, 0.25) is 15.9 Å². The van der Waals surface area contributed by atoms with E-state index in [1.165, 1.54) is 29.6 Å². The van der Waals surface area contributed by atoms with Gasteiger partial charge >= 0.3 is 0 Å². The number of morpholine rings is 1. The number of anilines is 1. The summed E-state index contributed by atoms with van der Waals surface area (Å²) in [5, 5.41) is 2.70. The first-order chi connectivity index (χ1) is 14.9. The number of rotatable bonds is 7. The van der Waals surface area contributed by atoms with E-state index in [0.29, 0.717) is 36.5 Å². The van der Waals surface area contributed by atoms with Gasteiger partial charge in [0.1, 0.15) is 22.2 Å². The Morgan fingerprint density at radius 2 is 1.97 bits per heavy atom. The van der Waals surface area contributed by atoms with Crippen molar-refractivity contribution in [3.05, 3.63) is 47.9 Å². The maximum absolute atomic E-state index is 13.1. The molecule has 166 valence electrons. The predicted octanol–water partition coefficient (Wildman–Crippen LogP) is 3.08. The molecule has 2 aromatic rings. The summed E-state index contributed by atoms with van der Waals surface area (Å²) in [6.45, 7) is 3.41. The van der Waals surface area contributed by atoms with Gasteiger partial charge in [0.15, 0.2) is 0 Å². The Kier molecular flexibility index (Phi) is 6.17. The molecule has 0 radical (unpaired) electrons. The van der Waals surface area contributed by atoms with Gasteiger partial charge in [-0.2, -0.15) is 4.31 Å². The van der Waals surface area contributed by atoms with Crippen LogP contribution in [0.3, 0.4) is 0 Å². The molecule has 1 aliphatic carbocycles. The number of furan rings is 1. The van der Waals surface area contributed by atoms with E-state index in [9.17, 15) is 13.2 Å². The first-order valence-corrected chi connectivity index (χ1v) is 11.7. The van der Waals surface area contributed by atoms with Crippen molar-refractivity contribution in [2.75, 3.05) is 38.7 Å². The highest BCUT2D eigenvalue weighted by molar-refractivity contribution is 7.89. The van der Waals surface area contributed by atoms with Crippen LogP contribution in [-0.4, -0.2) is 52.0 Å². The van der Waals surface area contributed by atoms with E-state index in [4.69, 9.17) is 13.9 Å². The molecule has 2 aliphatic rings. The molecule has 1 aliphatic heterocycles. The summed E-state index contributed by atoms with van der Waals surface area (Å²) >= 11 is 0. The Balaban J connectivity index is 1.47. The molecule has 9 heteroatoms. The average Bonchev–Trinajstić information content (AvgIpc) is 3.32. The number of amides is 1. The van der Waals surface area contributed by atoms with Crippen LogP contribution >= 0.6 is 0 Å². The monoisotopic (exact) mass is 446 g/mol. The lowest BCUT2D eigenvalue weighted by Gasteiger charge is -2.26. The van der Waals surface area contributed by atoms with Gasteiger partial charge in [-0.15, -0.1) is 0 Å². The molecule has 2 fully saturated rings. The summed E-state index contributed by atoms with van der Waals surface area (Å²) in [4.78, 5) is 12.4. The van der Waals surface area contributed by atoms with Crippen LogP contribution in [0.2, 0.25) is 0 Å². The van der Waals surface area contributed by atoms with Crippen LogP contribution < -0.4 is 10.1 Å². The van der Waals surface area contributed by atoms with Crippen molar-refractivity contribution >= 4 is 27.7 Å². The minimum absolute atomic E-state index is 0.00732. The molecule has 1 N–H and O–H groups in total. The highest BCUT2D eigenvalue weighted by Crippen LogP contribution is 2.47. The number of sulfonamides is 1. The third-order valence-corrected chi connectivity index (χ3v) is 7.46. The van der Waals surface area contributed by atoms with Crippen molar-refractivity contribution < 1.29 is 27.1 Å². The van der Waals surface area contributed by atoms with Gasteiger partial charge in [-0.3, -0.25) is 4.79 Å². The zero-order valence-corrected chi connectivity index (χ0v) is 18.4. The van der Waals surface area contributed by atoms with Crippen LogP contribution in [0.15, 0.2) is 45.7 Å². The summed E-state index contributed by atoms with van der Waals surface area (Å²) in [5.74, 6) is 2.50. The van der Waals surface area contributed by atoms with Gasteiger partial charge in [0.25, 0.3) is 0 Å². The highest BCUT2D eigenvalue weighted by atomic mass is 32.2. The van der Waals surface area contributed by atoms with Gasteiger partial charge in [-0.1, -0.05) is 6.92 Å². The number of carbonyl (C=O) groups excluding carboxylic acids is 1. The smallest absolute Gasteiger partial charge is 0.248 e. The highest BCUT2D eigenvalue weighted by Gasteiger charge is 2.36. The summed E-state index contributed by atoms with van der Waals surface area (Å²) in [6, 6.07) is 8.32. The number of nitrogens with one attached hydrogen (secondary N) is 1. The molecule has 1 aromatic carbocycles. The minimum Gasteiger partial charge on any atom is -0.495 e. The number of benzene rings is 1. The standard InChI is InChI=1S/C22H26N2O6S/c1-15-13-18(15)19-7-4-17(30-19)5-8-22(25)23-16-3-6-20(28-2)21(14-16)31(26,27)24-9-11-29-12-10-24/h3-8,14-15,18H,9-13H2,1-2H3,(H,23,25)/b8-5+/t15-,18+/m0/s1. The lowest BCUT2D eigenvalue weighted by atomic mass is 10.3. The third kappa shape index (κ3) is 4.84. The molecule has 0 spiro atoms. The number of hydrogen-bond donors (Lipinski definition) is 1. The first kappa shape index (κ1) is 21.6. The molecule has 0 unspecified atom stereocenters. The molecule has 1 saturated carbocycles. The summed E-state index contributed by atoms with van der Waals surface area (Å²) < 4.78 is 43.7. The quantitative estimate of drug-likeness (QED) is 0.657. The zero-order chi connectivity index (χ0) is 22.0. The van der Waals surface area contributed by atoms with Crippen molar-refractivity contribution in [1.82, 2.24) is 4.31 Å². The van der Waals surface area contributed by atoms with E-state index in [1.54, 1.807) is 12.1 Å². The van der Waals surface area contributed by atoms with Crippen LogP contribution in [0.5, 0.6) is 5.75 Å². The molecule has 31 heavy (non-hydrogen) atoms. The fraction of sp³-hybridized carbons (Fsp3) is 0.409. The van der Waals surface area contributed by atoms with Gasteiger partial charge < -0.3 is 19.2 Å². The minimum atomic E-state index is -3.78. The van der Waals surface area contributed by atoms with E-state index < -0.39 is 15.9 Å². The lowest BCUT2D eigenvalue weighted by Crippen LogP contribution is -2.40. The maximum atomic E-state index is 13.1. The fourth-order valence-corrected chi connectivity index (χ4v) is 5.19. The van der Waals surface area contributed by atoms with Crippen molar-refractivity contribution in [2.24, 2.45) is 5.92 Å². The zero-order valence-electron chi connectivity index (χ0n) is 17.5. The number of hydrogen-bond acceptors (Lipinski definition) is 6. The number of ether oxygens (including phenoxy) is 2. The molecule has 8 nitrogen and oxygen atoms in total. The molecule has 0 bridgehead atoms. The molecular formula is C22H26N2O6S. The maximum Gasteiger partial charge on any atom is 0.248 e. The van der Waals surface area contributed by atoms with E-state index >= 15 is 0 Å². The molecule has 2 atom stereocenters. The summed E-state index contributed by atoms with van der Waals surface area (Å²) in [5.41, 5.74) is 0.356. The lowest BCUT2D eigenvalue weighted by molar-refractivity contribution is -0.111. The topological polar surface area (TPSA) is 98.1 Å². The van der Waals surface area contributed by atoms with Gasteiger partial charge in [-0.05, 0) is 48.7 Å². The molecule has 1 aromatic heterocycles. The van der Waals surface area contributed by atoms with Gasteiger partial charge in [0.05, 0.1) is 20.3 Å². The van der Waals surface area contributed by atoms with Gasteiger partial charge in [-0.25, -0.2) is 8.42 Å². The molecular weight excluding hydrogens is 420 g/mol. The Morgan fingerprint density at radius 1 is 1.23 bits per heavy atom. The predicted molar refractivity (Wildman–Crippen MR) is 115 cm³/mol. The Morgan fingerprint density at radius 3 is 2.65 bits per heavy atom. The molecule has 4 rings (SSSR count). The van der Waals surface area contributed by atoms with Crippen molar-refractivity contribution in [2.45, 2.75) is 24.2 Å². The largest absolute Gasteiger partial charge is 0.495 e. The molecule has 1 saturated heterocycles. The SMILES string of the molecule is COc1ccc(NC(=O)/C=C/c2ccc([C@@H]3C[C@@H]3C)o2)cc1S(=O)(=O)N1CCOCC1. The molecule has 1 amide bonds. The van der Waals surface area contributed by atoms with Crippen molar-refractivity contribution in [3.63, 3.8) is 0 Å². The van der Waals surface area contributed by atoms with Gasteiger partial charge in [0, 0.05) is 30.8 Å². The van der Waals surface area contributed by atoms with Crippen molar-refractivity contribution in [1.29, 1.82) is 0 Å². The van der Waals surface area contributed by atoms with Crippen molar-refractivity contribution in [3.8, 4) is 5.75 Å². The van der Waals surface area contributed by atoms with Crippen LogP contribution in [0.1, 0.15) is 30.8 Å². The second-order valence-electron chi connectivity index (χ2n) is 7.76. The summed E-state index contributed by atoms with van der Waals surface area (Å²) in [7, 11) is -2.37. The Labute approximate surface area is 181 Å². The third-order valence-electron chi connectivity index (χ3n) is 5.54. The number of nitrogens with zero attached hydrogens (tertiary/aromatic N) is 1. The Bertz CT molecular complexity index is 1090. The summed E-state index contributed by atoms with van der Waals surface area (Å²) in [6.07, 6.45) is 4.09. The number of methoxy groups -OCH3 is 1. The Hall–Kier alpha value is -2.62. The van der Waals surface area contributed by atoms with E-state index in [0.717, 1.165) is 12.2 Å². The van der Waals surface area contributed by atoms with Crippen LogP contribution in [0, 0.1) is 5.92 Å². The second kappa shape index (κ2) is 8.86. The first-order valence-electron chi connectivity index (χ1n) is 10.2. The second-order valence-corrected chi connectivity index (χ2v) is 9.67. The fourth-order valence-electron chi connectivity index (χ4n) is 3.60. The average molecular weight is 447 g/mol. The normalized spacial score (nSPS) is 21.9. The van der Waals surface area contributed by atoms with E-state index in [1.807, 2.05) is 12.1 Å². The van der Waals surface area contributed by atoms with E-state index in [-0.39, 0.29) is 23.7 Å². The van der Waals surface area contributed by atoms with Crippen LogP contribution in [-0.2, 0) is 19.6 Å². The van der Waals surface area contributed by atoms with E-state index in [2.05, 4.69) is 12.2 Å². The van der Waals surface area contributed by atoms with Crippen LogP contribution in [0.4, 0.5) is 5.69 Å². The van der Waals surface area contributed by atoms with Crippen LogP contribution in [0.25, 0.3) is 6.08 Å².